The number of nitrogens with one attached hydrogen (secondary N) is 2. The first-order chi connectivity index (χ1) is 16.6. The summed E-state index contributed by atoms with van der Waals surface area (Å²) in [6.45, 7) is 2.79. The average Bonchev–Trinajstić information content (AvgIpc) is 3.53. The highest BCUT2D eigenvalue weighted by Gasteiger charge is 2.17. The topological polar surface area (TPSA) is 74.6 Å². The van der Waals surface area contributed by atoms with Crippen molar-refractivity contribution in [2.75, 3.05) is 18.4 Å². The number of likely N-dealkylation sites (tertiary alicyclic amines) is 1. The number of rotatable bonds is 6. The Morgan fingerprint density at radius 1 is 1.03 bits per heavy atom. The molecule has 9 heteroatoms. The lowest BCUT2D eigenvalue weighted by Crippen LogP contribution is -2.37. The number of amides is 2. The highest BCUT2D eigenvalue weighted by atomic mass is 35.5. The van der Waals surface area contributed by atoms with E-state index >= 15 is 0 Å². The van der Waals surface area contributed by atoms with Gasteiger partial charge in [-0.1, -0.05) is 54.1 Å². The minimum atomic E-state index is 0.0118. The monoisotopic (exact) mass is 470 g/mol. The molecule has 3 heterocycles. The van der Waals surface area contributed by atoms with Crippen LogP contribution in [0.25, 0.3) is 16.9 Å². The first kappa shape index (κ1) is 22.3. The Kier molecular flexibility index (Phi) is 6.40. The number of fused-ring (bicyclic) bond motifs is 1. The second-order valence-corrected chi connectivity index (χ2v) is 8.77. The van der Waals surface area contributed by atoms with Crippen LogP contribution in [0.2, 0.25) is 5.02 Å². The van der Waals surface area contributed by atoms with Crippen molar-refractivity contribution in [3.8, 4) is 11.3 Å². The lowest BCUT2D eigenvalue weighted by Gasteiger charge is -2.16. The van der Waals surface area contributed by atoms with Crippen molar-refractivity contribution in [3.63, 3.8) is 0 Å². The SMILES string of the molecule is [B]c1cnn2c(NCc3ccc(CNC(=O)N4CCCC4)cc3)cc(-c3ccccc3Cl)nc12. The Morgan fingerprint density at radius 3 is 2.47 bits per heavy atom. The number of hydrogen-bond donors (Lipinski definition) is 2. The molecule has 4 aromatic rings. The Morgan fingerprint density at radius 2 is 1.74 bits per heavy atom. The van der Waals surface area contributed by atoms with Crippen LogP contribution in [-0.4, -0.2) is 46.5 Å². The van der Waals surface area contributed by atoms with Crippen LogP contribution in [0.5, 0.6) is 0 Å². The van der Waals surface area contributed by atoms with E-state index in [1.165, 1.54) is 0 Å². The van der Waals surface area contributed by atoms with Gasteiger partial charge >= 0.3 is 6.03 Å². The molecule has 0 unspecified atom stereocenters. The van der Waals surface area contributed by atoms with E-state index in [0.29, 0.717) is 29.2 Å². The molecule has 1 saturated heterocycles. The van der Waals surface area contributed by atoms with Crippen molar-refractivity contribution in [1.82, 2.24) is 24.8 Å². The Balaban J connectivity index is 1.29. The zero-order chi connectivity index (χ0) is 23.5. The van der Waals surface area contributed by atoms with Gasteiger partial charge in [-0.3, -0.25) is 0 Å². The molecular formula is C25H24BClN6O. The maximum absolute atomic E-state index is 12.2. The number of benzene rings is 2. The van der Waals surface area contributed by atoms with Crippen LogP contribution >= 0.6 is 11.6 Å². The summed E-state index contributed by atoms with van der Waals surface area (Å²) in [6.07, 6.45) is 3.77. The number of nitrogens with zero attached hydrogens (tertiary/aromatic N) is 4. The standard InChI is InChI=1S/C25H24BClN6O/c26-20-16-30-33-23(13-22(31-24(20)33)19-5-1-2-6-21(19)27)28-14-17-7-9-18(10-8-17)15-29-25(34)32-11-3-4-12-32/h1-2,5-10,13,16,28H,3-4,11-12,14-15H2,(H,29,34). The molecule has 0 atom stereocenters. The van der Waals surface area contributed by atoms with Crippen molar-refractivity contribution in [3.05, 3.63) is 76.9 Å². The largest absolute Gasteiger partial charge is 0.366 e. The first-order valence-corrected chi connectivity index (χ1v) is 11.7. The summed E-state index contributed by atoms with van der Waals surface area (Å²) in [4.78, 5) is 18.7. The van der Waals surface area contributed by atoms with E-state index in [0.717, 1.165) is 54.1 Å². The van der Waals surface area contributed by atoms with Gasteiger partial charge in [-0.25, -0.2) is 9.78 Å². The lowest BCUT2D eigenvalue weighted by atomic mass is 10.0. The van der Waals surface area contributed by atoms with Gasteiger partial charge in [0, 0.05) is 49.0 Å². The van der Waals surface area contributed by atoms with Gasteiger partial charge in [-0.15, -0.1) is 0 Å². The van der Waals surface area contributed by atoms with Crippen molar-refractivity contribution < 1.29 is 4.79 Å². The quantitative estimate of drug-likeness (QED) is 0.421. The second-order valence-electron chi connectivity index (χ2n) is 8.36. The van der Waals surface area contributed by atoms with E-state index in [1.807, 2.05) is 47.4 Å². The predicted octanol–water partition coefficient (Wildman–Crippen LogP) is 3.76. The van der Waals surface area contributed by atoms with Crippen molar-refractivity contribution in [2.45, 2.75) is 25.9 Å². The van der Waals surface area contributed by atoms with Gasteiger partial charge in [0.2, 0.25) is 0 Å². The number of carbonyl (C=O) groups excluding carboxylic acids is 1. The molecule has 2 aromatic carbocycles. The molecule has 2 aromatic heterocycles. The third-order valence-corrected chi connectivity index (χ3v) is 6.31. The van der Waals surface area contributed by atoms with Crippen molar-refractivity contribution in [2.24, 2.45) is 0 Å². The molecule has 1 aliphatic heterocycles. The van der Waals surface area contributed by atoms with Crippen LogP contribution in [0.1, 0.15) is 24.0 Å². The van der Waals surface area contributed by atoms with Crippen LogP contribution in [0.4, 0.5) is 10.6 Å². The van der Waals surface area contributed by atoms with E-state index < -0.39 is 0 Å². The van der Waals surface area contributed by atoms with Gasteiger partial charge in [0.1, 0.15) is 13.7 Å². The van der Waals surface area contributed by atoms with Gasteiger partial charge in [-0.2, -0.15) is 9.61 Å². The highest BCUT2D eigenvalue weighted by molar-refractivity contribution is 6.36. The number of aromatic nitrogens is 3. The number of carbonyl (C=O) groups is 1. The Labute approximate surface area is 204 Å². The molecule has 7 nitrogen and oxygen atoms in total. The molecule has 0 bridgehead atoms. The molecule has 1 aliphatic rings. The Bertz CT molecular complexity index is 1320. The number of halogens is 1. The fourth-order valence-corrected chi connectivity index (χ4v) is 4.32. The Hall–Kier alpha value is -3.52. The molecule has 170 valence electrons. The van der Waals surface area contributed by atoms with Crippen LogP contribution in [0.15, 0.2) is 60.8 Å². The molecule has 0 aliphatic carbocycles. The van der Waals surface area contributed by atoms with E-state index in [-0.39, 0.29) is 6.03 Å². The van der Waals surface area contributed by atoms with E-state index in [4.69, 9.17) is 19.4 Å². The molecule has 0 spiro atoms. The lowest BCUT2D eigenvalue weighted by molar-refractivity contribution is 0.208. The van der Waals surface area contributed by atoms with E-state index in [1.54, 1.807) is 10.7 Å². The van der Waals surface area contributed by atoms with Gasteiger partial charge in [-0.05, 0) is 35.5 Å². The molecule has 2 N–H and O–H groups in total. The molecule has 2 amide bonds. The summed E-state index contributed by atoms with van der Waals surface area (Å²) >= 11 is 6.40. The van der Waals surface area contributed by atoms with Crippen LogP contribution in [0.3, 0.4) is 0 Å². The molecule has 34 heavy (non-hydrogen) atoms. The summed E-state index contributed by atoms with van der Waals surface area (Å²) in [7, 11) is 6.10. The first-order valence-electron chi connectivity index (χ1n) is 11.3. The fourth-order valence-electron chi connectivity index (χ4n) is 4.09. The molecule has 5 rings (SSSR count). The van der Waals surface area contributed by atoms with E-state index in [2.05, 4.69) is 32.8 Å². The number of urea groups is 1. The second kappa shape index (κ2) is 9.77. The minimum absolute atomic E-state index is 0.0118. The maximum Gasteiger partial charge on any atom is 0.317 e. The molecule has 0 saturated carbocycles. The third-order valence-electron chi connectivity index (χ3n) is 5.98. The molecular weight excluding hydrogens is 447 g/mol. The minimum Gasteiger partial charge on any atom is -0.366 e. The van der Waals surface area contributed by atoms with Crippen LogP contribution in [0, 0.1) is 0 Å². The summed E-state index contributed by atoms with van der Waals surface area (Å²) < 4.78 is 1.69. The summed E-state index contributed by atoms with van der Waals surface area (Å²) in [5.41, 5.74) is 4.77. The summed E-state index contributed by atoms with van der Waals surface area (Å²) in [5, 5.41) is 11.4. The number of anilines is 1. The average molecular weight is 471 g/mol. The van der Waals surface area contributed by atoms with Crippen LogP contribution < -0.4 is 16.1 Å². The summed E-state index contributed by atoms with van der Waals surface area (Å²) in [5.74, 6) is 0.763. The molecule has 1 fully saturated rings. The van der Waals surface area contributed by atoms with Gasteiger partial charge in [0.05, 0.1) is 5.69 Å². The maximum atomic E-state index is 12.2. The summed E-state index contributed by atoms with van der Waals surface area (Å²) in [6, 6.07) is 17.7. The van der Waals surface area contributed by atoms with Crippen molar-refractivity contribution >= 4 is 42.4 Å². The van der Waals surface area contributed by atoms with Crippen LogP contribution in [-0.2, 0) is 13.1 Å². The molecule has 2 radical (unpaired) electrons. The van der Waals surface area contributed by atoms with Gasteiger partial charge in [0.25, 0.3) is 0 Å². The smallest absolute Gasteiger partial charge is 0.317 e. The van der Waals surface area contributed by atoms with E-state index in [9.17, 15) is 4.79 Å². The zero-order valence-electron chi connectivity index (χ0n) is 18.7. The fraction of sp³-hybridized carbons (Fsp3) is 0.240. The zero-order valence-corrected chi connectivity index (χ0v) is 19.4. The number of hydrogen-bond acceptors (Lipinski definition) is 4. The van der Waals surface area contributed by atoms with Crippen molar-refractivity contribution in [1.29, 1.82) is 0 Å². The predicted molar refractivity (Wildman–Crippen MR) is 136 cm³/mol. The van der Waals surface area contributed by atoms with Gasteiger partial charge in [0.15, 0.2) is 5.65 Å². The highest BCUT2D eigenvalue weighted by Crippen LogP contribution is 2.28. The normalized spacial score (nSPS) is 13.4. The van der Waals surface area contributed by atoms with Gasteiger partial charge < -0.3 is 15.5 Å². The third kappa shape index (κ3) is 4.72.